The molecule has 1 N–H and O–H groups in total. The smallest absolute Gasteiger partial charge is 0.242 e. The minimum atomic E-state index is -0.500. The quantitative estimate of drug-likeness (QED) is 0.911. The van der Waals surface area contributed by atoms with Crippen LogP contribution in [0.3, 0.4) is 0 Å². The van der Waals surface area contributed by atoms with E-state index in [0.717, 1.165) is 0 Å². The van der Waals surface area contributed by atoms with Crippen LogP contribution in [0.5, 0.6) is 0 Å². The van der Waals surface area contributed by atoms with Gasteiger partial charge in [0.1, 0.15) is 5.82 Å². The SMILES string of the molecule is O=C(CNc1ccc(Cl)c(F)c1)N1CCOCC1. The fourth-order valence-corrected chi connectivity index (χ4v) is 1.83. The van der Waals surface area contributed by atoms with Gasteiger partial charge in [0.2, 0.25) is 5.91 Å². The number of hydrogen-bond donors (Lipinski definition) is 1. The van der Waals surface area contributed by atoms with Crippen LogP contribution >= 0.6 is 11.6 Å². The monoisotopic (exact) mass is 272 g/mol. The molecule has 1 aromatic carbocycles. The van der Waals surface area contributed by atoms with E-state index in [-0.39, 0.29) is 17.5 Å². The Morgan fingerprint density at radius 2 is 2.17 bits per heavy atom. The second-order valence-electron chi connectivity index (χ2n) is 3.98. The van der Waals surface area contributed by atoms with Crippen LogP contribution < -0.4 is 5.32 Å². The number of ether oxygens (including phenoxy) is 1. The molecule has 0 radical (unpaired) electrons. The molecule has 98 valence electrons. The fourth-order valence-electron chi connectivity index (χ4n) is 1.71. The van der Waals surface area contributed by atoms with Crippen LogP contribution in [0.1, 0.15) is 0 Å². The minimum Gasteiger partial charge on any atom is -0.378 e. The molecule has 1 heterocycles. The largest absolute Gasteiger partial charge is 0.378 e. The highest BCUT2D eigenvalue weighted by atomic mass is 35.5. The number of hydrogen-bond acceptors (Lipinski definition) is 3. The van der Waals surface area contributed by atoms with E-state index in [9.17, 15) is 9.18 Å². The van der Waals surface area contributed by atoms with Crippen molar-refractivity contribution in [1.29, 1.82) is 0 Å². The first kappa shape index (κ1) is 13.1. The Morgan fingerprint density at radius 3 is 2.83 bits per heavy atom. The van der Waals surface area contributed by atoms with E-state index in [2.05, 4.69) is 5.32 Å². The number of benzene rings is 1. The predicted octanol–water partition coefficient (Wildman–Crippen LogP) is 1.75. The summed E-state index contributed by atoms with van der Waals surface area (Å²) in [4.78, 5) is 13.5. The highest BCUT2D eigenvalue weighted by Crippen LogP contribution is 2.18. The average Bonchev–Trinajstić information content (AvgIpc) is 2.41. The van der Waals surface area contributed by atoms with E-state index >= 15 is 0 Å². The molecule has 4 nitrogen and oxygen atoms in total. The predicted molar refractivity (Wildman–Crippen MR) is 67.3 cm³/mol. The van der Waals surface area contributed by atoms with E-state index in [1.54, 1.807) is 11.0 Å². The number of nitrogens with one attached hydrogen (secondary N) is 1. The first-order valence-electron chi connectivity index (χ1n) is 5.71. The summed E-state index contributed by atoms with van der Waals surface area (Å²) in [6.45, 7) is 2.49. The van der Waals surface area contributed by atoms with Crippen molar-refractivity contribution in [3.8, 4) is 0 Å². The van der Waals surface area contributed by atoms with Gasteiger partial charge in [0.25, 0.3) is 0 Å². The highest BCUT2D eigenvalue weighted by molar-refractivity contribution is 6.30. The Morgan fingerprint density at radius 1 is 1.44 bits per heavy atom. The van der Waals surface area contributed by atoms with Crippen molar-refractivity contribution >= 4 is 23.2 Å². The molecule has 1 aromatic rings. The number of carbonyl (C=O) groups excluding carboxylic acids is 1. The fraction of sp³-hybridized carbons (Fsp3) is 0.417. The molecule has 0 spiro atoms. The van der Waals surface area contributed by atoms with Crippen LogP contribution in [0.15, 0.2) is 18.2 Å². The van der Waals surface area contributed by atoms with Crippen molar-refractivity contribution in [1.82, 2.24) is 4.90 Å². The number of amides is 1. The third-order valence-corrected chi connectivity index (χ3v) is 3.03. The first-order chi connectivity index (χ1) is 8.66. The summed E-state index contributed by atoms with van der Waals surface area (Å²) in [7, 11) is 0. The van der Waals surface area contributed by atoms with Crippen molar-refractivity contribution < 1.29 is 13.9 Å². The Kier molecular flexibility index (Phi) is 4.38. The molecular weight excluding hydrogens is 259 g/mol. The van der Waals surface area contributed by atoms with Crippen molar-refractivity contribution in [3.05, 3.63) is 29.0 Å². The maximum absolute atomic E-state index is 13.2. The molecular formula is C12H14ClFN2O2. The molecule has 0 bridgehead atoms. The van der Waals surface area contributed by atoms with Crippen LogP contribution in [0.2, 0.25) is 5.02 Å². The van der Waals surface area contributed by atoms with Gasteiger partial charge >= 0.3 is 0 Å². The van der Waals surface area contributed by atoms with Gasteiger partial charge in [-0.1, -0.05) is 11.6 Å². The van der Waals surface area contributed by atoms with Gasteiger partial charge in [-0.3, -0.25) is 4.79 Å². The second kappa shape index (κ2) is 6.02. The van der Waals surface area contributed by atoms with E-state index in [1.807, 2.05) is 0 Å². The first-order valence-corrected chi connectivity index (χ1v) is 6.09. The standard InChI is InChI=1S/C12H14ClFN2O2/c13-10-2-1-9(7-11(10)14)15-8-12(17)16-3-5-18-6-4-16/h1-2,7,15H,3-6,8H2. The number of anilines is 1. The molecule has 1 saturated heterocycles. The van der Waals surface area contributed by atoms with Gasteiger partial charge in [0.05, 0.1) is 24.8 Å². The third kappa shape index (κ3) is 3.34. The number of carbonyl (C=O) groups is 1. The lowest BCUT2D eigenvalue weighted by atomic mass is 10.3. The van der Waals surface area contributed by atoms with Crippen molar-refractivity contribution in [2.75, 3.05) is 38.2 Å². The number of morpholine rings is 1. The molecule has 0 saturated carbocycles. The van der Waals surface area contributed by atoms with E-state index < -0.39 is 5.82 Å². The lowest BCUT2D eigenvalue weighted by Gasteiger charge is -2.27. The minimum absolute atomic E-state index is 0.0198. The van der Waals surface area contributed by atoms with Crippen LogP contribution in [-0.2, 0) is 9.53 Å². The summed E-state index contributed by atoms with van der Waals surface area (Å²) >= 11 is 5.57. The zero-order chi connectivity index (χ0) is 13.0. The summed E-state index contributed by atoms with van der Waals surface area (Å²) in [6.07, 6.45) is 0. The number of rotatable bonds is 3. The van der Waals surface area contributed by atoms with Crippen molar-refractivity contribution in [3.63, 3.8) is 0 Å². The third-order valence-electron chi connectivity index (χ3n) is 2.73. The lowest BCUT2D eigenvalue weighted by molar-refractivity contribution is -0.133. The zero-order valence-electron chi connectivity index (χ0n) is 9.79. The summed E-state index contributed by atoms with van der Waals surface area (Å²) in [5.74, 6) is -0.519. The van der Waals surface area contributed by atoms with Crippen molar-refractivity contribution in [2.45, 2.75) is 0 Å². The molecule has 1 fully saturated rings. The highest BCUT2D eigenvalue weighted by Gasteiger charge is 2.16. The topological polar surface area (TPSA) is 41.6 Å². The molecule has 6 heteroatoms. The molecule has 1 aliphatic heterocycles. The van der Waals surface area contributed by atoms with Crippen molar-refractivity contribution in [2.24, 2.45) is 0 Å². The van der Waals surface area contributed by atoms with Gasteiger partial charge in [0, 0.05) is 18.8 Å². The van der Waals surface area contributed by atoms with Gasteiger partial charge in [0.15, 0.2) is 0 Å². The van der Waals surface area contributed by atoms with E-state index in [4.69, 9.17) is 16.3 Å². The zero-order valence-corrected chi connectivity index (χ0v) is 10.5. The maximum atomic E-state index is 13.2. The molecule has 0 unspecified atom stereocenters. The van der Waals surface area contributed by atoms with Gasteiger partial charge in [-0.2, -0.15) is 0 Å². The summed E-state index contributed by atoms with van der Waals surface area (Å²) in [5, 5.41) is 2.95. The maximum Gasteiger partial charge on any atom is 0.242 e. The molecule has 1 aliphatic rings. The van der Waals surface area contributed by atoms with E-state index in [1.165, 1.54) is 12.1 Å². The Hall–Kier alpha value is -1.33. The van der Waals surface area contributed by atoms with E-state index in [0.29, 0.717) is 32.0 Å². The molecule has 0 aliphatic carbocycles. The molecule has 18 heavy (non-hydrogen) atoms. The Balaban J connectivity index is 1.86. The number of nitrogens with zero attached hydrogens (tertiary/aromatic N) is 1. The van der Waals surface area contributed by atoms with Crippen LogP contribution in [0.4, 0.5) is 10.1 Å². The van der Waals surface area contributed by atoms with Gasteiger partial charge in [-0.15, -0.1) is 0 Å². The van der Waals surface area contributed by atoms with Gasteiger partial charge in [-0.05, 0) is 18.2 Å². The molecule has 0 aromatic heterocycles. The molecule has 1 amide bonds. The van der Waals surface area contributed by atoms with Gasteiger partial charge < -0.3 is 15.0 Å². The second-order valence-corrected chi connectivity index (χ2v) is 4.38. The summed E-state index contributed by atoms with van der Waals surface area (Å²) in [5.41, 5.74) is 0.540. The van der Waals surface area contributed by atoms with Crippen LogP contribution in [0, 0.1) is 5.82 Å². The van der Waals surface area contributed by atoms with Crippen LogP contribution in [-0.4, -0.2) is 43.7 Å². The number of halogens is 2. The molecule has 0 atom stereocenters. The lowest BCUT2D eigenvalue weighted by Crippen LogP contribution is -2.43. The normalized spacial score (nSPS) is 15.6. The molecule has 2 rings (SSSR count). The summed E-state index contributed by atoms with van der Waals surface area (Å²) < 4.78 is 18.3. The summed E-state index contributed by atoms with van der Waals surface area (Å²) in [6, 6.07) is 4.37. The average molecular weight is 273 g/mol. The van der Waals surface area contributed by atoms with Gasteiger partial charge in [-0.25, -0.2) is 4.39 Å². The Labute approximate surface area is 110 Å². The van der Waals surface area contributed by atoms with Crippen LogP contribution in [0.25, 0.3) is 0 Å². The Bertz CT molecular complexity index is 436.